The summed E-state index contributed by atoms with van der Waals surface area (Å²) in [6, 6.07) is 11.8. The summed E-state index contributed by atoms with van der Waals surface area (Å²) in [6.07, 6.45) is 8.99. The van der Waals surface area contributed by atoms with Crippen molar-refractivity contribution < 1.29 is 9.21 Å². The van der Waals surface area contributed by atoms with Crippen LogP contribution in [-0.2, 0) is 6.54 Å². The maximum atomic E-state index is 12.6. The standard InChI is InChI=1S/C23H27N3O2/c1-3-19-6-8-20(9-7-19)17-25-15-14-24(2)23(18-25)10-12-26(13-11-23)22(27)21-5-4-16-28-21/h1,4-9,16H,10-15,17-18H2,2H3. The van der Waals surface area contributed by atoms with Gasteiger partial charge in [-0.25, -0.2) is 0 Å². The Morgan fingerprint density at radius 3 is 2.54 bits per heavy atom. The van der Waals surface area contributed by atoms with Crippen LogP contribution in [0.25, 0.3) is 0 Å². The molecule has 1 amide bonds. The summed E-state index contributed by atoms with van der Waals surface area (Å²) in [7, 11) is 2.23. The molecular weight excluding hydrogens is 350 g/mol. The molecule has 1 aromatic heterocycles. The second-order valence-electron chi connectivity index (χ2n) is 7.97. The molecule has 0 unspecified atom stereocenters. The Hall–Kier alpha value is -2.55. The van der Waals surface area contributed by atoms with Gasteiger partial charge in [0.05, 0.1) is 6.26 Å². The van der Waals surface area contributed by atoms with Crippen LogP contribution in [0.1, 0.15) is 34.5 Å². The monoisotopic (exact) mass is 377 g/mol. The lowest BCUT2D eigenvalue weighted by Gasteiger charge is -2.53. The number of likely N-dealkylation sites (tertiary alicyclic amines) is 1. The number of hydrogen-bond acceptors (Lipinski definition) is 4. The van der Waals surface area contributed by atoms with Crippen molar-refractivity contribution in [2.75, 3.05) is 39.8 Å². The van der Waals surface area contributed by atoms with Gasteiger partial charge in [0.2, 0.25) is 0 Å². The number of nitrogens with zero attached hydrogens (tertiary/aromatic N) is 3. The molecule has 28 heavy (non-hydrogen) atoms. The van der Waals surface area contributed by atoms with E-state index >= 15 is 0 Å². The van der Waals surface area contributed by atoms with Crippen molar-refractivity contribution in [1.82, 2.24) is 14.7 Å². The number of likely N-dealkylation sites (N-methyl/N-ethyl adjacent to an activating group) is 1. The Kier molecular flexibility index (Phi) is 5.25. The maximum absolute atomic E-state index is 12.6. The van der Waals surface area contributed by atoms with Crippen molar-refractivity contribution >= 4 is 5.91 Å². The molecule has 5 heteroatoms. The minimum Gasteiger partial charge on any atom is -0.459 e. The molecule has 0 radical (unpaired) electrons. The van der Waals surface area contributed by atoms with E-state index < -0.39 is 0 Å². The number of rotatable bonds is 3. The molecule has 2 aliphatic rings. The van der Waals surface area contributed by atoms with Gasteiger partial charge < -0.3 is 9.32 Å². The molecule has 0 bridgehead atoms. The summed E-state index contributed by atoms with van der Waals surface area (Å²) in [4.78, 5) is 19.5. The molecule has 2 aliphatic heterocycles. The molecule has 2 aromatic rings. The number of carbonyl (C=O) groups is 1. The predicted octanol–water partition coefficient (Wildman–Crippen LogP) is 2.68. The first-order chi connectivity index (χ1) is 13.6. The Morgan fingerprint density at radius 2 is 1.89 bits per heavy atom. The van der Waals surface area contributed by atoms with Crippen LogP contribution in [0.15, 0.2) is 47.1 Å². The highest BCUT2D eigenvalue weighted by atomic mass is 16.3. The van der Waals surface area contributed by atoms with Crippen molar-refractivity contribution in [1.29, 1.82) is 0 Å². The average Bonchev–Trinajstić information content (AvgIpc) is 3.26. The summed E-state index contributed by atoms with van der Waals surface area (Å²) in [5.74, 6) is 3.11. The zero-order valence-electron chi connectivity index (χ0n) is 16.4. The molecular formula is C23H27N3O2. The van der Waals surface area contributed by atoms with Gasteiger partial charge in [0.1, 0.15) is 0 Å². The molecule has 0 N–H and O–H groups in total. The molecule has 3 heterocycles. The number of terminal acetylenes is 1. The van der Waals surface area contributed by atoms with E-state index in [0.29, 0.717) is 5.76 Å². The SMILES string of the molecule is C#Cc1ccc(CN2CCN(C)C3(CCN(C(=O)c4ccco4)CC3)C2)cc1. The molecule has 1 spiro atoms. The van der Waals surface area contributed by atoms with E-state index in [1.54, 1.807) is 18.4 Å². The summed E-state index contributed by atoms with van der Waals surface area (Å²) in [5.41, 5.74) is 2.35. The summed E-state index contributed by atoms with van der Waals surface area (Å²) in [6.45, 7) is 5.63. The Balaban J connectivity index is 1.39. The van der Waals surface area contributed by atoms with Crippen LogP contribution >= 0.6 is 0 Å². The highest BCUT2D eigenvalue weighted by molar-refractivity contribution is 5.91. The smallest absolute Gasteiger partial charge is 0.289 e. The Bertz CT molecular complexity index is 843. The van der Waals surface area contributed by atoms with Gasteiger partial charge in [-0.15, -0.1) is 6.42 Å². The van der Waals surface area contributed by atoms with Crippen LogP contribution < -0.4 is 0 Å². The van der Waals surface area contributed by atoms with Gasteiger partial charge in [-0.2, -0.15) is 0 Å². The third kappa shape index (κ3) is 3.71. The Morgan fingerprint density at radius 1 is 1.14 bits per heavy atom. The van der Waals surface area contributed by atoms with E-state index in [4.69, 9.17) is 10.8 Å². The van der Waals surface area contributed by atoms with Crippen LogP contribution in [0.3, 0.4) is 0 Å². The second kappa shape index (κ2) is 7.83. The first-order valence-corrected chi connectivity index (χ1v) is 9.92. The maximum Gasteiger partial charge on any atom is 0.289 e. The molecule has 5 nitrogen and oxygen atoms in total. The van der Waals surface area contributed by atoms with Gasteiger partial charge in [0.25, 0.3) is 5.91 Å². The average molecular weight is 377 g/mol. The van der Waals surface area contributed by atoms with Crippen LogP contribution in [0.4, 0.5) is 0 Å². The van der Waals surface area contributed by atoms with Gasteiger partial charge in [-0.1, -0.05) is 18.1 Å². The number of benzene rings is 1. The quantitative estimate of drug-likeness (QED) is 0.771. The van der Waals surface area contributed by atoms with Gasteiger partial charge in [-0.3, -0.25) is 14.6 Å². The van der Waals surface area contributed by atoms with Crippen LogP contribution in [0, 0.1) is 12.3 Å². The first-order valence-electron chi connectivity index (χ1n) is 9.92. The van der Waals surface area contributed by atoms with Crippen molar-refractivity contribution in [2.45, 2.75) is 24.9 Å². The molecule has 1 aromatic carbocycles. The molecule has 2 saturated heterocycles. The highest BCUT2D eigenvalue weighted by Crippen LogP contribution is 2.32. The number of furan rings is 1. The topological polar surface area (TPSA) is 39.9 Å². The predicted molar refractivity (Wildman–Crippen MR) is 109 cm³/mol. The number of piperazine rings is 1. The molecule has 0 aliphatic carbocycles. The number of piperidine rings is 1. The minimum atomic E-state index is 0.00349. The van der Waals surface area contributed by atoms with E-state index in [0.717, 1.165) is 57.7 Å². The zero-order chi connectivity index (χ0) is 19.6. The van der Waals surface area contributed by atoms with Crippen molar-refractivity contribution in [2.24, 2.45) is 0 Å². The summed E-state index contributed by atoms with van der Waals surface area (Å²) in [5, 5.41) is 0. The van der Waals surface area contributed by atoms with E-state index in [1.807, 2.05) is 17.0 Å². The molecule has 146 valence electrons. The van der Waals surface area contributed by atoms with Gasteiger partial charge in [0, 0.05) is 50.4 Å². The second-order valence-corrected chi connectivity index (χ2v) is 7.97. The number of hydrogen-bond donors (Lipinski definition) is 0. The lowest BCUT2D eigenvalue weighted by molar-refractivity contribution is -0.0266. The van der Waals surface area contributed by atoms with E-state index in [-0.39, 0.29) is 11.4 Å². The van der Waals surface area contributed by atoms with Crippen molar-refractivity contribution in [3.63, 3.8) is 0 Å². The fourth-order valence-electron chi connectivity index (χ4n) is 4.47. The number of carbonyl (C=O) groups excluding carboxylic acids is 1. The first kappa shape index (κ1) is 18.8. The molecule has 0 atom stereocenters. The summed E-state index contributed by atoms with van der Waals surface area (Å²) >= 11 is 0. The van der Waals surface area contributed by atoms with Crippen molar-refractivity contribution in [3.8, 4) is 12.3 Å². The fourth-order valence-corrected chi connectivity index (χ4v) is 4.47. The fraction of sp³-hybridized carbons (Fsp3) is 0.435. The van der Waals surface area contributed by atoms with E-state index in [2.05, 4.69) is 34.9 Å². The molecule has 4 rings (SSSR count). The molecule has 2 fully saturated rings. The van der Waals surface area contributed by atoms with Crippen LogP contribution in [-0.4, -0.2) is 65.9 Å². The normalized spacial score (nSPS) is 20.2. The lowest BCUT2D eigenvalue weighted by atomic mass is 9.83. The Labute approximate surface area is 166 Å². The minimum absolute atomic E-state index is 0.00349. The van der Waals surface area contributed by atoms with Crippen LogP contribution in [0.5, 0.6) is 0 Å². The van der Waals surface area contributed by atoms with Gasteiger partial charge in [0.15, 0.2) is 5.76 Å². The third-order valence-corrected chi connectivity index (χ3v) is 6.32. The van der Waals surface area contributed by atoms with Crippen molar-refractivity contribution in [3.05, 3.63) is 59.5 Å². The van der Waals surface area contributed by atoms with Crippen LogP contribution in [0.2, 0.25) is 0 Å². The van der Waals surface area contributed by atoms with Gasteiger partial charge in [-0.05, 0) is 49.7 Å². The van der Waals surface area contributed by atoms with E-state index in [9.17, 15) is 4.79 Å². The highest BCUT2D eigenvalue weighted by Gasteiger charge is 2.43. The third-order valence-electron chi connectivity index (χ3n) is 6.32. The summed E-state index contributed by atoms with van der Waals surface area (Å²) < 4.78 is 5.28. The van der Waals surface area contributed by atoms with Gasteiger partial charge >= 0.3 is 0 Å². The number of amides is 1. The molecule has 0 saturated carbocycles. The zero-order valence-corrected chi connectivity index (χ0v) is 16.4. The largest absolute Gasteiger partial charge is 0.459 e. The van der Waals surface area contributed by atoms with E-state index in [1.165, 1.54) is 5.56 Å². The lowest BCUT2D eigenvalue weighted by Crippen LogP contribution is -2.64.